The average molecular weight is 400 g/mol. The van der Waals surface area contributed by atoms with E-state index in [2.05, 4.69) is 38.7 Å². The van der Waals surface area contributed by atoms with Crippen molar-refractivity contribution in [3.8, 4) is 22.9 Å². The number of aromatic nitrogens is 3. The number of ether oxygens (including phenoxy) is 1. The molecular weight excluding hydrogens is 376 g/mol. The van der Waals surface area contributed by atoms with Crippen molar-refractivity contribution in [1.82, 2.24) is 20.3 Å². The number of hydrogen-bond donors (Lipinski definition) is 2. The molecule has 2 N–H and O–H groups in total. The van der Waals surface area contributed by atoms with Crippen molar-refractivity contribution in [2.24, 2.45) is 11.8 Å². The van der Waals surface area contributed by atoms with Crippen LogP contribution in [-0.2, 0) is 6.42 Å². The van der Waals surface area contributed by atoms with Crippen molar-refractivity contribution >= 4 is 11.5 Å². The topological polar surface area (TPSA) is 75.2 Å². The first kappa shape index (κ1) is 17.7. The molecule has 0 bridgehead atoms. The summed E-state index contributed by atoms with van der Waals surface area (Å²) >= 11 is 0. The molecule has 0 amide bonds. The van der Waals surface area contributed by atoms with Crippen molar-refractivity contribution < 1.29 is 4.74 Å². The molecule has 4 heterocycles. The molecular formula is C23H24N6O. The predicted molar refractivity (Wildman–Crippen MR) is 116 cm³/mol. The van der Waals surface area contributed by atoms with Crippen LogP contribution in [0.25, 0.3) is 11.1 Å². The number of fused-ring (bicyclic) bond motifs is 4. The van der Waals surface area contributed by atoms with Crippen LogP contribution in [0.2, 0.25) is 0 Å². The molecule has 1 aliphatic carbocycles. The Morgan fingerprint density at radius 3 is 2.73 bits per heavy atom. The number of rotatable bonds is 4. The standard InChI is InChI=1S/C23H24N6O/c1-24-19-6-2-5-17-18(19)8-20-21(17)22(29-12-14-9-26-10-15(14)13-29)28-23(27-20)30-16-4-3-7-25-11-16/h2-7,11,14-15,24,26H,8-10,12-13H2,1H3. The number of nitrogens with zero attached hydrogens (tertiary/aromatic N) is 4. The molecule has 2 aliphatic heterocycles. The van der Waals surface area contributed by atoms with Gasteiger partial charge in [0.1, 0.15) is 11.6 Å². The molecule has 3 aliphatic rings. The first-order valence-corrected chi connectivity index (χ1v) is 10.5. The number of pyridine rings is 1. The molecule has 2 unspecified atom stereocenters. The first-order chi connectivity index (χ1) is 14.8. The van der Waals surface area contributed by atoms with Gasteiger partial charge >= 0.3 is 6.01 Å². The summed E-state index contributed by atoms with van der Waals surface area (Å²) in [4.78, 5) is 16.3. The van der Waals surface area contributed by atoms with E-state index in [1.807, 2.05) is 19.2 Å². The zero-order valence-corrected chi connectivity index (χ0v) is 16.9. The van der Waals surface area contributed by atoms with Crippen LogP contribution in [0, 0.1) is 11.8 Å². The van der Waals surface area contributed by atoms with Crippen LogP contribution >= 0.6 is 0 Å². The van der Waals surface area contributed by atoms with Gasteiger partial charge in [0.2, 0.25) is 0 Å². The lowest BCUT2D eigenvalue weighted by Gasteiger charge is -2.22. The van der Waals surface area contributed by atoms with E-state index < -0.39 is 0 Å². The fourth-order valence-corrected chi connectivity index (χ4v) is 5.10. The molecule has 0 spiro atoms. The number of benzene rings is 1. The monoisotopic (exact) mass is 400 g/mol. The summed E-state index contributed by atoms with van der Waals surface area (Å²) in [5.41, 5.74) is 5.86. The quantitative estimate of drug-likeness (QED) is 0.545. The third kappa shape index (κ3) is 2.81. The third-order valence-electron chi connectivity index (χ3n) is 6.54. The van der Waals surface area contributed by atoms with Crippen molar-refractivity contribution in [2.75, 3.05) is 43.4 Å². The van der Waals surface area contributed by atoms with Gasteiger partial charge in [0.15, 0.2) is 0 Å². The van der Waals surface area contributed by atoms with Gasteiger partial charge in [-0.25, -0.2) is 0 Å². The Balaban J connectivity index is 1.46. The fraction of sp³-hybridized carbons (Fsp3) is 0.348. The van der Waals surface area contributed by atoms with Gasteiger partial charge in [0, 0.05) is 57.1 Å². The Morgan fingerprint density at radius 1 is 1.10 bits per heavy atom. The van der Waals surface area contributed by atoms with Crippen LogP contribution in [0.15, 0.2) is 42.7 Å². The second-order valence-corrected chi connectivity index (χ2v) is 8.28. The van der Waals surface area contributed by atoms with Gasteiger partial charge in [-0.2, -0.15) is 9.97 Å². The second kappa shape index (κ2) is 6.95. The highest BCUT2D eigenvalue weighted by atomic mass is 16.5. The second-order valence-electron chi connectivity index (χ2n) is 8.28. The number of hydrogen-bond acceptors (Lipinski definition) is 7. The summed E-state index contributed by atoms with van der Waals surface area (Å²) < 4.78 is 6.01. The highest BCUT2D eigenvalue weighted by molar-refractivity contribution is 5.88. The smallest absolute Gasteiger partial charge is 0.324 e. The average Bonchev–Trinajstić information content (AvgIpc) is 3.46. The fourth-order valence-electron chi connectivity index (χ4n) is 5.10. The Hall–Kier alpha value is -3.19. The minimum Gasteiger partial charge on any atom is -0.423 e. The molecule has 152 valence electrons. The van der Waals surface area contributed by atoms with Crippen molar-refractivity contribution in [3.05, 3.63) is 54.0 Å². The van der Waals surface area contributed by atoms with Crippen LogP contribution < -0.4 is 20.3 Å². The van der Waals surface area contributed by atoms with Gasteiger partial charge in [-0.1, -0.05) is 12.1 Å². The first-order valence-electron chi connectivity index (χ1n) is 10.5. The SMILES string of the molecule is CNc1cccc2c1Cc1nc(Oc3cccnc3)nc(N3CC4CNCC4C3)c1-2. The van der Waals surface area contributed by atoms with E-state index in [0.29, 0.717) is 23.6 Å². The van der Waals surface area contributed by atoms with Crippen LogP contribution in [-0.4, -0.2) is 48.2 Å². The van der Waals surface area contributed by atoms with E-state index in [1.54, 1.807) is 12.4 Å². The molecule has 2 saturated heterocycles. The maximum atomic E-state index is 6.01. The molecule has 0 radical (unpaired) electrons. The molecule has 7 heteroatoms. The van der Waals surface area contributed by atoms with E-state index in [1.165, 1.54) is 11.1 Å². The molecule has 30 heavy (non-hydrogen) atoms. The van der Waals surface area contributed by atoms with Gasteiger partial charge in [-0.3, -0.25) is 4.98 Å². The van der Waals surface area contributed by atoms with Crippen molar-refractivity contribution in [3.63, 3.8) is 0 Å². The van der Waals surface area contributed by atoms with Crippen LogP contribution in [0.1, 0.15) is 11.3 Å². The van der Waals surface area contributed by atoms with Crippen molar-refractivity contribution in [2.45, 2.75) is 6.42 Å². The van der Waals surface area contributed by atoms with Gasteiger partial charge < -0.3 is 20.3 Å². The van der Waals surface area contributed by atoms with E-state index in [0.717, 1.165) is 55.4 Å². The minimum absolute atomic E-state index is 0.394. The number of anilines is 2. The van der Waals surface area contributed by atoms with Gasteiger partial charge in [0.05, 0.1) is 11.9 Å². The lowest BCUT2D eigenvalue weighted by atomic mass is 10.0. The maximum Gasteiger partial charge on any atom is 0.324 e. The summed E-state index contributed by atoms with van der Waals surface area (Å²) in [6, 6.07) is 10.5. The molecule has 2 fully saturated rings. The van der Waals surface area contributed by atoms with Crippen LogP contribution in [0.3, 0.4) is 0 Å². The summed E-state index contributed by atoms with van der Waals surface area (Å²) in [5, 5.41) is 6.85. The summed E-state index contributed by atoms with van der Waals surface area (Å²) in [6.07, 6.45) is 4.20. The lowest BCUT2D eigenvalue weighted by Crippen LogP contribution is -2.27. The summed E-state index contributed by atoms with van der Waals surface area (Å²) in [7, 11) is 1.97. The predicted octanol–water partition coefficient (Wildman–Crippen LogP) is 2.93. The normalized spacial score (nSPS) is 21.3. The largest absolute Gasteiger partial charge is 0.423 e. The Morgan fingerprint density at radius 2 is 1.97 bits per heavy atom. The summed E-state index contributed by atoms with van der Waals surface area (Å²) in [6.45, 7) is 4.23. The number of nitrogens with one attached hydrogen (secondary N) is 2. The van der Waals surface area contributed by atoms with E-state index in [-0.39, 0.29) is 0 Å². The highest BCUT2D eigenvalue weighted by Crippen LogP contribution is 2.46. The van der Waals surface area contributed by atoms with E-state index >= 15 is 0 Å². The third-order valence-corrected chi connectivity index (χ3v) is 6.54. The molecule has 0 saturated carbocycles. The zero-order valence-electron chi connectivity index (χ0n) is 16.9. The zero-order chi connectivity index (χ0) is 20.1. The lowest BCUT2D eigenvalue weighted by molar-refractivity contribution is 0.438. The maximum absolute atomic E-state index is 6.01. The molecule has 3 aromatic rings. The van der Waals surface area contributed by atoms with Crippen LogP contribution in [0.4, 0.5) is 11.5 Å². The Labute approximate surface area is 175 Å². The van der Waals surface area contributed by atoms with E-state index in [9.17, 15) is 0 Å². The molecule has 7 nitrogen and oxygen atoms in total. The minimum atomic E-state index is 0.394. The molecule has 6 rings (SSSR count). The van der Waals surface area contributed by atoms with Gasteiger partial charge in [0.25, 0.3) is 0 Å². The Kier molecular flexibility index (Phi) is 4.09. The Bertz CT molecular complexity index is 1090. The van der Waals surface area contributed by atoms with E-state index in [4.69, 9.17) is 14.7 Å². The van der Waals surface area contributed by atoms with Gasteiger partial charge in [-0.05, 0) is 41.2 Å². The molecule has 1 aromatic carbocycles. The van der Waals surface area contributed by atoms with Crippen molar-refractivity contribution in [1.29, 1.82) is 0 Å². The summed E-state index contributed by atoms with van der Waals surface area (Å²) in [5.74, 6) is 3.02. The van der Waals surface area contributed by atoms with Crippen LogP contribution in [0.5, 0.6) is 11.8 Å². The molecule has 2 aromatic heterocycles. The van der Waals surface area contributed by atoms with Gasteiger partial charge in [-0.15, -0.1) is 0 Å². The highest BCUT2D eigenvalue weighted by Gasteiger charge is 2.39. The molecule has 2 atom stereocenters.